The number of imide groups is 1. The van der Waals surface area contributed by atoms with E-state index in [1.54, 1.807) is 18.2 Å². The van der Waals surface area contributed by atoms with Crippen LogP contribution in [0.2, 0.25) is 10.0 Å². The lowest BCUT2D eigenvalue weighted by Crippen LogP contribution is -2.42. The second-order valence-corrected chi connectivity index (χ2v) is 5.04. The van der Waals surface area contributed by atoms with Gasteiger partial charge in [-0.05, 0) is 24.6 Å². The second kappa shape index (κ2) is 8.66. The smallest absolute Gasteiger partial charge is 0.321 e. The molecule has 1 rings (SSSR count). The maximum Gasteiger partial charge on any atom is 0.321 e. The van der Waals surface area contributed by atoms with Crippen molar-refractivity contribution in [1.29, 1.82) is 0 Å². The number of carbonyl (C=O) groups excluding carboxylic acids is 2. The van der Waals surface area contributed by atoms with Crippen LogP contribution in [0.5, 0.6) is 0 Å². The van der Waals surface area contributed by atoms with Crippen molar-refractivity contribution in [3.05, 3.63) is 28.2 Å². The van der Waals surface area contributed by atoms with E-state index in [2.05, 4.69) is 16.0 Å². The van der Waals surface area contributed by atoms with Crippen molar-refractivity contribution >= 4 is 40.8 Å². The van der Waals surface area contributed by atoms with Crippen molar-refractivity contribution in [2.24, 2.45) is 0 Å². The molecule has 1 aromatic rings. The molecule has 0 spiro atoms. The summed E-state index contributed by atoms with van der Waals surface area (Å²) in [5.41, 5.74) is 0.615. The maximum atomic E-state index is 11.5. The van der Waals surface area contributed by atoms with Crippen molar-refractivity contribution in [1.82, 2.24) is 10.6 Å². The normalized spacial score (nSPS) is 9.95. The fraction of sp³-hybridized carbons (Fsp3) is 0.385. The zero-order valence-electron chi connectivity index (χ0n) is 11.1. The fourth-order valence-electron chi connectivity index (χ4n) is 1.43. The molecule has 0 unspecified atom stereocenters. The molecule has 0 aliphatic rings. The molecule has 0 heterocycles. The van der Waals surface area contributed by atoms with E-state index in [1.807, 2.05) is 6.92 Å². The number of hydrogen-bond donors (Lipinski definition) is 3. The summed E-state index contributed by atoms with van der Waals surface area (Å²) < 4.78 is 0. The summed E-state index contributed by atoms with van der Waals surface area (Å²) in [6.07, 6.45) is 1.85. The first-order valence-corrected chi connectivity index (χ1v) is 7.04. The average molecular weight is 318 g/mol. The minimum atomic E-state index is -0.491. The molecule has 0 saturated heterocycles. The third-order valence-electron chi connectivity index (χ3n) is 2.38. The Morgan fingerprint density at radius 2 is 1.80 bits per heavy atom. The third kappa shape index (κ3) is 6.63. The Labute approximate surface area is 128 Å². The van der Waals surface area contributed by atoms with Crippen molar-refractivity contribution < 1.29 is 9.59 Å². The van der Waals surface area contributed by atoms with Gasteiger partial charge in [0.25, 0.3) is 0 Å². The third-order valence-corrected chi connectivity index (χ3v) is 2.82. The molecule has 0 aliphatic heterocycles. The summed E-state index contributed by atoms with van der Waals surface area (Å²) >= 11 is 11.7. The van der Waals surface area contributed by atoms with E-state index >= 15 is 0 Å². The highest BCUT2D eigenvalue weighted by molar-refractivity contribution is 6.35. The molecule has 20 heavy (non-hydrogen) atoms. The average Bonchev–Trinajstić information content (AvgIpc) is 2.35. The Hall–Kier alpha value is -1.46. The van der Waals surface area contributed by atoms with E-state index in [4.69, 9.17) is 23.2 Å². The lowest BCUT2D eigenvalue weighted by Gasteiger charge is -2.08. The number of benzene rings is 1. The minimum absolute atomic E-state index is 0.0438. The zero-order chi connectivity index (χ0) is 15.0. The summed E-state index contributed by atoms with van der Waals surface area (Å²) in [4.78, 5) is 22.9. The van der Waals surface area contributed by atoms with Crippen LogP contribution in [0.15, 0.2) is 18.2 Å². The van der Waals surface area contributed by atoms with Crippen LogP contribution in [0.4, 0.5) is 10.5 Å². The summed E-state index contributed by atoms with van der Waals surface area (Å²) in [6.45, 7) is 2.52. The van der Waals surface area contributed by atoms with Crippen LogP contribution in [0.1, 0.15) is 19.8 Å². The molecular formula is C13H17Cl2N3O2. The molecule has 0 aliphatic carbocycles. The quantitative estimate of drug-likeness (QED) is 0.706. The van der Waals surface area contributed by atoms with Crippen LogP contribution in [-0.4, -0.2) is 25.0 Å². The van der Waals surface area contributed by atoms with Gasteiger partial charge in [0.2, 0.25) is 5.91 Å². The highest BCUT2D eigenvalue weighted by Crippen LogP contribution is 2.22. The molecule has 1 aromatic carbocycles. The molecular weight excluding hydrogens is 301 g/mol. The molecule has 3 amide bonds. The van der Waals surface area contributed by atoms with Crippen LogP contribution >= 0.6 is 23.2 Å². The van der Waals surface area contributed by atoms with Crippen LogP contribution < -0.4 is 16.0 Å². The van der Waals surface area contributed by atoms with Gasteiger partial charge in [0.15, 0.2) is 0 Å². The lowest BCUT2D eigenvalue weighted by atomic mass is 10.3. The van der Waals surface area contributed by atoms with Gasteiger partial charge < -0.3 is 10.6 Å². The fourth-order valence-corrected chi connectivity index (χ4v) is 1.96. The number of rotatable bonds is 6. The largest absolute Gasteiger partial charge is 0.376 e. The van der Waals surface area contributed by atoms with E-state index in [-0.39, 0.29) is 6.54 Å². The Bertz CT molecular complexity index is 460. The van der Waals surface area contributed by atoms with Gasteiger partial charge in [0.05, 0.1) is 6.54 Å². The Kier molecular flexibility index (Phi) is 7.18. The van der Waals surface area contributed by atoms with Crippen molar-refractivity contribution in [2.75, 3.05) is 18.4 Å². The molecule has 5 nitrogen and oxygen atoms in total. The number of anilines is 1. The Morgan fingerprint density at radius 1 is 1.15 bits per heavy atom. The number of urea groups is 1. The molecule has 3 N–H and O–H groups in total. The molecule has 0 bridgehead atoms. The van der Waals surface area contributed by atoms with Crippen LogP contribution in [-0.2, 0) is 4.79 Å². The summed E-state index contributed by atoms with van der Waals surface area (Å²) in [5, 5.41) is 8.59. The monoisotopic (exact) mass is 317 g/mol. The lowest BCUT2D eigenvalue weighted by molar-refractivity contribution is -0.118. The summed E-state index contributed by atoms with van der Waals surface area (Å²) in [6, 6.07) is 4.38. The van der Waals surface area contributed by atoms with E-state index < -0.39 is 11.9 Å². The first-order chi connectivity index (χ1) is 9.51. The topological polar surface area (TPSA) is 70.2 Å². The van der Waals surface area contributed by atoms with E-state index in [9.17, 15) is 9.59 Å². The standard InChI is InChI=1S/C13H17Cl2N3O2/c1-2-3-4-16-13(20)18-12(19)8-17-11-6-9(14)5-10(15)7-11/h5-7,17H,2-4,8H2,1H3,(H2,16,18,19,20). The number of unbranched alkanes of at least 4 members (excludes halogenated alkanes) is 1. The van der Waals surface area contributed by atoms with E-state index in [0.717, 1.165) is 12.8 Å². The molecule has 110 valence electrons. The summed E-state index contributed by atoms with van der Waals surface area (Å²) in [7, 11) is 0. The highest BCUT2D eigenvalue weighted by atomic mass is 35.5. The number of amides is 3. The van der Waals surface area contributed by atoms with Crippen molar-refractivity contribution in [3.8, 4) is 0 Å². The first kappa shape index (κ1) is 16.6. The number of nitrogens with one attached hydrogen (secondary N) is 3. The number of halogens is 2. The van der Waals surface area contributed by atoms with Crippen molar-refractivity contribution in [3.63, 3.8) is 0 Å². The molecule has 0 radical (unpaired) electrons. The Balaban J connectivity index is 2.34. The van der Waals surface area contributed by atoms with Gasteiger partial charge >= 0.3 is 6.03 Å². The van der Waals surface area contributed by atoms with Gasteiger partial charge in [-0.3, -0.25) is 10.1 Å². The van der Waals surface area contributed by atoms with E-state index in [0.29, 0.717) is 22.3 Å². The van der Waals surface area contributed by atoms with Gasteiger partial charge in [-0.15, -0.1) is 0 Å². The molecule has 7 heteroatoms. The molecule has 0 atom stereocenters. The SMILES string of the molecule is CCCCNC(=O)NC(=O)CNc1cc(Cl)cc(Cl)c1. The molecule has 0 saturated carbocycles. The van der Waals surface area contributed by atoms with Gasteiger partial charge in [0, 0.05) is 22.3 Å². The second-order valence-electron chi connectivity index (χ2n) is 4.17. The maximum absolute atomic E-state index is 11.5. The van der Waals surface area contributed by atoms with Crippen LogP contribution in [0.25, 0.3) is 0 Å². The zero-order valence-corrected chi connectivity index (χ0v) is 12.6. The minimum Gasteiger partial charge on any atom is -0.376 e. The highest BCUT2D eigenvalue weighted by Gasteiger charge is 2.07. The van der Waals surface area contributed by atoms with Crippen molar-refractivity contribution in [2.45, 2.75) is 19.8 Å². The van der Waals surface area contributed by atoms with Gasteiger partial charge in [-0.2, -0.15) is 0 Å². The number of hydrogen-bond acceptors (Lipinski definition) is 3. The summed E-state index contributed by atoms with van der Waals surface area (Å²) in [5.74, 6) is -0.435. The number of carbonyl (C=O) groups is 2. The van der Waals surface area contributed by atoms with Gasteiger partial charge in [-0.25, -0.2) is 4.79 Å². The van der Waals surface area contributed by atoms with E-state index in [1.165, 1.54) is 0 Å². The molecule has 0 fully saturated rings. The van der Waals surface area contributed by atoms with Crippen LogP contribution in [0.3, 0.4) is 0 Å². The van der Waals surface area contributed by atoms with Gasteiger partial charge in [-0.1, -0.05) is 36.5 Å². The Morgan fingerprint density at radius 3 is 2.40 bits per heavy atom. The predicted molar refractivity (Wildman–Crippen MR) is 81.4 cm³/mol. The van der Waals surface area contributed by atoms with Gasteiger partial charge in [0.1, 0.15) is 0 Å². The predicted octanol–water partition coefficient (Wildman–Crippen LogP) is 3.03. The van der Waals surface area contributed by atoms with Crippen LogP contribution in [0, 0.1) is 0 Å². The molecule has 0 aromatic heterocycles. The first-order valence-electron chi connectivity index (χ1n) is 6.29.